The molecule has 1 aromatic heterocycles. The molecule has 3 rings (SSSR count). The molecule has 0 fully saturated rings. The van der Waals surface area contributed by atoms with Crippen molar-refractivity contribution >= 4 is 17.7 Å². The molecule has 0 unspecified atom stereocenters. The van der Waals surface area contributed by atoms with E-state index in [1.165, 1.54) is 11.8 Å². The second-order valence-corrected chi connectivity index (χ2v) is 5.86. The van der Waals surface area contributed by atoms with Crippen LogP contribution in [0.15, 0.2) is 75.0 Å². The Morgan fingerprint density at radius 1 is 1.09 bits per heavy atom. The molecule has 0 aliphatic rings. The number of hydrogen-bond acceptors (Lipinski definition) is 5. The largest absolute Gasteiger partial charge is 0.359 e. The zero-order chi connectivity index (χ0) is 16.1. The van der Waals surface area contributed by atoms with Crippen molar-refractivity contribution in [1.82, 2.24) is 10.6 Å². The zero-order valence-electron chi connectivity index (χ0n) is 12.1. The summed E-state index contributed by atoms with van der Waals surface area (Å²) in [6.45, 7) is 0. The predicted molar refractivity (Wildman–Crippen MR) is 86.1 cm³/mol. The van der Waals surface area contributed by atoms with Gasteiger partial charge >= 0.3 is 0 Å². The van der Waals surface area contributed by atoms with Crippen molar-refractivity contribution in [1.29, 1.82) is 0 Å². The Morgan fingerprint density at radius 2 is 1.74 bits per heavy atom. The summed E-state index contributed by atoms with van der Waals surface area (Å²) in [6.07, 6.45) is -0.0779. The topological polar surface area (TPSA) is 75.4 Å². The summed E-state index contributed by atoms with van der Waals surface area (Å²) in [7, 11) is 0. The SMILES string of the molecule is O=C(Cc1onc(-c2ccccc2)c1Sc1ccccc1)NO. The van der Waals surface area contributed by atoms with Crippen molar-refractivity contribution in [2.24, 2.45) is 0 Å². The molecule has 1 amide bonds. The minimum Gasteiger partial charge on any atom is -0.359 e. The number of nitrogens with one attached hydrogen (secondary N) is 1. The number of hydroxylamine groups is 1. The lowest BCUT2D eigenvalue weighted by molar-refractivity contribution is -0.128. The van der Waals surface area contributed by atoms with Crippen LogP contribution in [-0.4, -0.2) is 16.3 Å². The summed E-state index contributed by atoms with van der Waals surface area (Å²) in [4.78, 5) is 13.3. The molecule has 2 aromatic carbocycles. The molecule has 6 heteroatoms. The highest BCUT2D eigenvalue weighted by Crippen LogP contribution is 2.38. The van der Waals surface area contributed by atoms with Crippen LogP contribution >= 0.6 is 11.8 Å². The van der Waals surface area contributed by atoms with Gasteiger partial charge in [0.1, 0.15) is 5.69 Å². The quantitative estimate of drug-likeness (QED) is 0.554. The van der Waals surface area contributed by atoms with E-state index in [1.807, 2.05) is 60.7 Å². The number of carbonyl (C=O) groups excluding carboxylic acids is 1. The van der Waals surface area contributed by atoms with Gasteiger partial charge in [0.2, 0.25) is 0 Å². The molecule has 0 aliphatic carbocycles. The van der Waals surface area contributed by atoms with Crippen molar-refractivity contribution in [3.63, 3.8) is 0 Å². The number of nitrogens with zero attached hydrogens (tertiary/aromatic N) is 1. The second-order valence-electron chi connectivity index (χ2n) is 4.78. The van der Waals surface area contributed by atoms with E-state index in [4.69, 9.17) is 9.73 Å². The van der Waals surface area contributed by atoms with E-state index in [2.05, 4.69) is 5.16 Å². The Bertz CT molecular complexity index is 788. The van der Waals surface area contributed by atoms with Crippen molar-refractivity contribution in [2.45, 2.75) is 16.2 Å². The Hall–Kier alpha value is -2.57. The zero-order valence-corrected chi connectivity index (χ0v) is 12.9. The van der Waals surface area contributed by atoms with Crippen LogP contribution in [0.25, 0.3) is 11.3 Å². The maximum absolute atomic E-state index is 11.5. The van der Waals surface area contributed by atoms with Gasteiger partial charge < -0.3 is 4.52 Å². The normalized spacial score (nSPS) is 10.5. The molecule has 3 aromatic rings. The lowest BCUT2D eigenvalue weighted by Crippen LogP contribution is -2.20. The summed E-state index contributed by atoms with van der Waals surface area (Å²) < 4.78 is 5.35. The Balaban J connectivity index is 2.01. The van der Waals surface area contributed by atoms with Crippen LogP contribution in [0.1, 0.15) is 5.76 Å². The standard InChI is InChI=1S/C17H14N2O3S/c20-15(18-21)11-14-17(23-13-9-5-2-6-10-13)16(19-22-14)12-7-3-1-4-8-12/h1-10,21H,11H2,(H,18,20). The van der Waals surface area contributed by atoms with Crippen LogP contribution in [-0.2, 0) is 11.2 Å². The van der Waals surface area contributed by atoms with E-state index in [0.29, 0.717) is 11.5 Å². The van der Waals surface area contributed by atoms with Crippen LogP contribution in [0.3, 0.4) is 0 Å². The van der Waals surface area contributed by atoms with E-state index in [-0.39, 0.29) is 6.42 Å². The molecule has 0 saturated carbocycles. The van der Waals surface area contributed by atoms with Crippen molar-refractivity contribution < 1.29 is 14.5 Å². The van der Waals surface area contributed by atoms with E-state index in [1.54, 1.807) is 5.48 Å². The number of hydrogen-bond donors (Lipinski definition) is 2. The molecule has 0 aliphatic heterocycles. The fourth-order valence-corrected chi connectivity index (χ4v) is 3.11. The first-order chi connectivity index (χ1) is 11.3. The smallest absolute Gasteiger partial charge is 0.251 e. The van der Waals surface area contributed by atoms with E-state index in [9.17, 15) is 4.79 Å². The van der Waals surface area contributed by atoms with Crippen LogP contribution in [0, 0.1) is 0 Å². The van der Waals surface area contributed by atoms with Crippen LogP contribution in [0.4, 0.5) is 0 Å². The molecule has 0 saturated heterocycles. The Labute approximate surface area is 137 Å². The molecule has 2 N–H and O–H groups in total. The summed E-state index contributed by atoms with van der Waals surface area (Å²) in [5.41, 5.74) is 3.21. The van der Waals surface area contributed by atoms with Crippen LogP contribution in [0.5, 0.6) is 0 Å². The molecule has 0 bridgehead atoms. The molecule has 0 radical (unpaired) electrons. The van der Waals surface area contributed by atoms with E-state index >= 15 is 0 Å². The van der Waals surface area contributed by atoms with Gasteiger partial charge in [-0.3, -0.25) is 10.0 Å². The van der Waals surface area contributed by atoms with Gasteiger partial charge in [0.05, 0.1) is 11.3 Å². The number of amides is 1. The highest BCUT2D eigenvalue weighted by atomic mass is 32.2. The molecule has 0 spiro atoms. The second kappa shape index (κ2) is 7.13. The van der Waals surface area contributed by atoms with Gasteiger partial charge in [0, 0.05) is 10.5 Å². The highest BCUT2D eigenvalue weighted by Gasteiger charge is 2.20. The van der Waals surface area contributed by atoms with Gasteiger partial charge in [0.15, 0.2) is 5.76 Å². The van der Waals surface area contributed by atoms with Crippen molar-refractivity contribution in [2.75, 3.05) is 0 Å². The van der Waals surface area contributed by atoms with Gasteiger partial charge in [-0.1, -0.05) is 65.4 Å². The monoisotopic (exact) mass is 326 g/mol. The Morgan fingerprint density at radius 3 is 2.39 bits per heavy atom. The minimum atomic E-state index is -0.546. The van der Waals surface area contributed by atoms with E-state index in [0.717, 1.165) is 15.4 Å². The summed E-state index contributed by atoms with van der Waals surface area (Å²) in [5.74, 6) is -0.125. The van der Waals surface area contributed by atoms with Crippen LogP contribution < -0.4 is 5.48 Å². The molecule has 5 nitrogen and oxygen atoms in total. The van der Waals surface area contributed by atoms with Gasteiger partial charge in [-0.2, -0.15) is 0 Å². The van der Waals surface area contributed by atoms with Crippen LogP contribution in [0.2, 0.25) is 0 Å². The fraction of sp³-hybridized carbons (Fsp3) is 0.0588. The highest BCUT2D eigenvalue weighted by molar-refractivity contribution is 7.99. The third-order valence-electron chi connectivity index (χ3n) is 3.17. The van der Waals surface area contributed by atoms with Gasteiger partial charge in [-0.25, -0.2) is 5.48 Å². The summed E-state index contributed by atoms with van der Waals surface area (Å²) >= 11 is 1.48. The molecule has 23 heavy (non-hydrogen) atoms. The molecular weight excluding hydrogens is 312 g/mol. The first-order valence-corrected chi connectivity index (χ1v) is 7.79. The average Bonchev–Trinajstić information content (AvgIpc) is 2.99. The molecule has 116 valence electrons. The maximum Gasteiger partial charge on any atom is 0.251 e. The first kappa shape index (κ1) is 15.3. The Kier molecular flexibility index (Phi) is 4.75. The molecular formula is C17H14N2O3S. The first-order valence-electron chi connectivity index (χ1n) is 6.97. The average molecular weight is 326 g/mol. The maximum atomic E-state index is 11.5. The lowest BCUT2D eigenvalue weighted by Gasteiger charge is -2.04. The summed E-state index contributed by atoms with van der Waals surface area (Å²) in [6, 6.07) is 19.4. The number of benzene rings is 2. The third-order valence-corrected chi connectivity index (χ3v) is 4.30. The summed E-state index contributed by atoms with van der Waals surface area (Å²) in [5, 5.41) is 12.8. The molecule has 1 heterocycles. The number of aromatic nitrogens is 1. The third kappa shape index (κ3) is 3.61. The van der Waals surface area contributed by atoms with E-state index < -0.39 is 5.91 Å². The van der Waals surface area contributed by atoms with Gasteiger partial charge in [0.25, 0.3) is 5.91 Å². The molecule has 0 atom stereocenters. The fourth-order valence-electron chi connectivity index (χ4n) is 2.11. The minimum absolute atomic E-state index is 0.0779. The van der Waals surface area contributed by atoms with Gasteiger partial charge in [-0.05, 0) is 12.1 Å². The predicted octanol–water partition coefficient (Wildman–Crippen LogP) is 3.54. The number of carbonyl (C=O) groups is 1. The van der Waals surface area contributed by atoms with Gasteiger partial charge in [-0.15, -0.1) is 0 Å². The number of rotatable bonds is 5. The lowest BCUT2D eigenvalue weighted by atomic mass is 10.1. The van der Waals surface area contributed by atoms with Crippen molar-refractivity contribution in [3.05, 3.63) is 66.4 Å². The van der Waals surface area contributed by atoms with Crippen molar-refractivity contribution in [3.8, 4) is 11.3 Å².